The maximum absolute atomic E-state index is 5.70. The first-order valence-electron chi connectivity index (χ1n) is 5.10. The second-order valence-electron chi connectivity index (χ2n) is 3.46. The van der Waals surface area contributed by atoms with Gasteiger partial charge in [0.15, 0.2) is 5.82 Å². The summed E-state index contributed by atoms with van der Waals surface area (Å²) in [7, 11) is 1.96. The number of nitrogens with two attached hydrogens (primary N) is 1. The third kappa shape index (κ3) is 2.01. The van der Waals surface area contributed by atoms with E-state index in [0.29, 0.717) is 6.54 Å². The number of rotatable bonds is 3. The molecule has 0 aliphatic heterocycles. The van der Waals surface area contributed by atoms with Crippen molar-refractivity contribution >= 4 is 11.5 Å². The SMILES string of the molecule is CN(c1cnccn1)c1ccccc1CN. The molecule has 0 saturated heterocycles. The van der Waals surface area contributed by atoms with Gasteiger partial charge >= 0.3 is 0 Å². The first-order valence-corrected chi connectivity index (χ1v) is 5.10. The Kier molecular flexibility index (Phi) is 3.12. The van der Waals surface area contributed by atoms with Crippen molar-refractivity contribution in [3.8, 4) is 0 Å². The molecule has 0 radical (unpaired) electrons. The minimum Gasteiger partial charge on any atom is -0.328 e. The Morgan fingerprint density at radius 3 is 2.75 bits per heavy atom. The van der Waals surface area contributed by atoms with Crippen LogP contribution in [0, 0.1) is 0 Å². The maximum atomic E-state index is 5.70. The highest BCUT2D eigenvalue weighted by atomic mass is 15.2. The minimum atomic E-state index is 0.515. The van der Waals surface area contributed by atoms with Crippen LogP contribution in [0.3, 0.4) is 0 Å². The van der Waals surface area contributed by atoms with Crippen molar-refractivity contribution < 1.29 is 0 Å². The van der Waals surface area contributed by atoms with Gasteiger partial charge in [-0.15, -0.1) is 0 Å². The molecule has 4 heteroatoms. The van der Waals surface area contributed by atoms with Gasteiger partial charge in [-0.1, -0.05) is 18.2 Å². The highest BCUT2D eigenvalue weighted by Gasteiger charge is 2.08. The lowest BCUT2D eigenvalue weighted by Crippen LogP contribution is -2.14. The van der Waals surface area contributed by atoms with Gasteiger partial charge in [-0.05, 0) is 11.6 Å². The number of hydrogen-bond acceptors (Lipinski definition) is 4. The molecule has 1 aromatic heterocycles. The van der Waals surface area contributed by atoms with Crippen LogP contribution in [0.2, 0.25) is 0 Å². The lowest BCUT2D eigenvalue weighted by molar-refractivity contribution is 1.02. The molecule has 0 aliphatic carbocycles. The van der Waals surface area contributed by atoms with Crippen LogP contribution in [0.1, 0.15) is 5.56 Å². The van der Waals surface area contributed by atoms with Crippen molar-refractivity contribution in [3.05, 3.63) is 48.4 Å². The minimum absolute atomic E-state index is 0.515. The van der Waals surface area contributed by atoms with E-state index in [1.165, 1.54) is 0 Å². The Morgan fingerprint density at radius 1 is 1.25 bits per heavy atom. The third-order valence-electron chi connectivity index (χ3n) is 2.47. The summed E-state index contributed by atoms with van der Waals surface area (Å²) in [5.74, 6) is 0.809. The van der Waals surface area contributed by atoms with Gasteiger partial charge in [0.2, 0.25) is 0 Å². The number of anilines is 2. The van der Waals surface area contributed by atoms with Crippen LogP contribution >= 0.6 is 0 Å². The van der Waals surface area contributed by atoms with Crippen LogP contribution < -0.4 is 10.6 Å². The molecular formula is C12H14N4. The topological polar surface area (TPSA) is 55.0 Å². The molecule has 2 N–H and O–H groups in total. The highest BCUT2D eigenvalue weighted by molar-refractivity contribution is 5.62. The van der Waals surface area contributed by atoms with E-state index in [1.807, 2.05) is 36.2 Å². The lowest BCUT2D eigenvalue weighted by Gasteiger charge is -2.20. The zero-order valence-corrected chi connectivity index (χ0v) is 9.17. The van der Waals surface area contributed by atoms with Crippen molar-refractivity contribution in [1.82, 2.24) is 9.97 Å². The van der Waals surface area contributed by atoms with Gasteiger partial charge in [-0.3, -0.25) is 4.98 Å². The summed E-state index contributed by atoms with van der Waals surface area (Å²) in [6.45, 7) is 0.515. The molecule has 0 saturated carbocycles. The standard InChI is InChI=1S/C12H14N4/c1-16(12-9-14-6-7-15-12)11-5-3-2-4-10(11)8-13/h2-7,9H,8,13H2,1H3. The van der Waals surface area contributed by atoms with Crippen LogP contribution in [-0.4, -0.2) is 17.0 Å². The molecule has 0 unspecified atom stereocenters. The Hall–Kier alpha value is -1.94. The summed E-state index contributed by atoms with van der Waals surface area (Å²) < 4.78 is 0. The van der Waals surface area contributed by atoms with E-state index in [2.05, 4.69) is 9.97 Å². The first kappa shape index (κ1) is 10.6. The zero-order chi connectivity index (χ0) is 11.4. The van der Waals surface area contributed by atoms with Gasteiger partial charge in [-0.25, -0.2) is 4.98 Å². The Balaban J connectivity index is 2.37. The number of para-hydroxylation sites is 1. The second-order valence-corrected chi connectivity index (χ2v) is 3.46. The van der Waals surface area contributed by atoms with E-state index < -0.39 is 0 Å². The summed E-state index contributed by atoms with van der Waals surface area (Å²) in [6.07, 6.45) is 5.07. The second kappa shape index (κ2) is 4.72. The van der Waals surface area contributed by atoms with Crippen molar-refractivity contribution in [2.75, 3.05) is 11.9 Å². The molecular weight excluding hydrogens is 200 g/mol. The average molecular weight is 214 g/mol. The number of nitrogens with zero attached hydrogens (tertiary/aromatic N) is 3. The molecule has 0 spiro atoms. The fourth-order valence-electron chi connectivity index (χ4n) is 1.60. The molecule has 0 amide bonds. The molecule has 0 bridgehead atoms. The van der Waals surface area contributed by atoms with Crippen molar-refractivity contribution in [3.63, 3.8) is 0 Å². The van der Waals surface area contributed by atoms with Crippen LogP contribution in [0.4, 0.5) is 11.5 Å². The largest absolute Gasteiger partial charge is 0.328 e. The van der Waals surface area contributed by atoms with E-state index in [-0.39, 0.29) is 0 Å². The third-order valence-corrected chi connectivity index (χ3v) is 2.47. The van der Waals surface area contributed by atoms with Gasteiger partial charge in [0.25, 0.3) is 0 Å². The normalized spacial score (nSPS) is 10.1. The molecule has 0 fully saturated rings. The lowest BCUT2D eigenvalue weighted by atomic mass is 10.1. The highest BCUT2D eigenvalue weighted by Crippen LogP contribution is 2.24. The van der Waals surface area contributed by atoms with E-state index in [0.717, 1.165) is 17.1 Å². The van der Waals surface area contributed by atoms with E-state index in [4.69, 9.17) is 5.73 Å². The van der Waals surface area contributed by atoms with Crippen LogP contribution in [0.25, 0.3) is 0 Å². The molecule has 82 valence electrons. The van der Waals surface area contributed by atoms with E-state index in [1.54, 1.807) is 18.6 Å². The smallest absolute Gasteiger partial charge is 0.151 e. The summed E-state index contributed by atoms with van der Waals surface area (Å²) in [5, 5.41) is 0. The van der Waals surface area contributed by atoms with Crippen LogP contribution in [0.5, 0.6) is 0 Å². The van der Waals surface area contributed by atoms with Crippen molar-refractivity contribution in [1.29, 1.82) is 0 Å². The fraction of sp³-hybridized carbons (Fsp3) is 0.167. The van der Waals surface area contributed by atoms with Gasteiger partial charge in [0.1, 0.15) is 0 Å². The van der Waals surface area contributed by atoms with Gasteiger partial charge in [0, 0.05) is 31.7 Å². The summed E-state index contributed by atoms with van der Waals surface area (Å²) >= 11 is 0. The monoisotopic (exact) mass is 214 g/mol. The van der Waals surface area contributed by atoms with Crippen molar-refractivity contribution in [2.24, 2.45) is 5.73 Å². The Labute approximate surface area is 94.8 Å². The number of aromatic nitrogens is 2. The predicted octanol–water partition coefficient (Wildman–Crippen LogP) is 1.70. The number of hydrogen-bond donors (Lipinski definition) is 1. The Bertz CT molecular complexity index is 456. The molecule has 16 heavy (non-hydrogen) atoms. The molecule has 1 heterocycles. The molecule has 0 aliphatic rings. The van der Waals surface area contributed by atoms with Gasteiger partial charge < -0.3 is 10.6 Å². The Morgan fingerprint density at radius 2 is 2.06 bits per heavy atom. The van der Waals surface area contributed by atoms with Crippen molar-refractivity contribution in [2.45, 2.75) is 6.54 Å². The van der Waals surface area contributed by atoms with E-state index >= 15 is 0 Å². The summed E-state index contributed by atoms with van der Waals surface area (Å²) in [5.41, 5.74) is 7.86. The summed E-state index contributed by atoms with van der Waals surface area (Å²) in [4.78, 5) is 10.3. The number of benzene rings is 1. The molecule has 0 atom stereocenters. The van der Waals surface area contributed by atoms with Gasteiger partial charge in [0.05, 0.1) is 6.20 Å². The quantitative estimate of drug-likeness (QED) is 0.845. The van der Waals surface area contributed by atoms with Crippen LogP contribution in [0.15, 0.2) is 42.9 Å². The summed E-state index contributed by atoms with van der Waals surface area (Å²) in [6, 6.07) is 8.01. The molecule has 4 nitrogen and oxygen atoms in total. The molecule has 2 aromatic rings. The van der Waals surface area contributed by atoms with Crippen LogP contribution in [-0.2, 0) is 6.54 Å². The zero-order valence-electron chi connectivity index (χ0n) is 9.17. The fourth-order valence-corrected chi connectivity index (χ4v) is 1.60. The van der Waals surface area contributed by atoms with E-state index in [9.17, 15) is 0 Å². The average Bonchev–Trinajstić information content (AvgIpc) is 2.39. The first-order chi connectivity index (χ1) is 7.83. The molecule has 2 rings (SSSR count). The predicted molar refractivity (Wildman–Crippen MR) is 64.4 cm³/mol. The molecule has 1 aromatic carbocycles. The van der Waals surface area contributed by atoms with Gasteiger partial charge in [-0.2, -0.15) is 0 Å². The maximum Gasteiger partial charge on any atom is 0.151 e.